The van der Waals surface area contributed by atoms with Gasteiger partial charge in [-0.15, -0.1) is 0 Å². The van der Waals surface area contributed by atoms with Crippen LogP contribution in [0.3, 0.4) is 0 Å². The lowest BCUT2D eigenvalue weighted by Crippen LogP contribution is -2.34. The van der Waals surface area contributed by atoms with Gasteiger partial charge in [-0.2, -0.15) is 0 Å². The molecule has 102 valence electrons. The van der Waals surface area contributed by atoms with Gasteiger partial charge in [0, 0.05) is 11.7 Å². The molecule has 1 aromatic carbocycles. The Kier molecular flexibility index (Phi) is 3.09. The molecule has 1 saturated carbocycles. The third-order valence-corrected chi connectivity index (χ3v) is 3.89. The van der Waals surface area contributed by atoms with Crippen LogP contribution in [0.1, 0.15) is 33.1 Å². The Balaban J connectivity index is 1.77. The van der Waals surface area contributed by atoms with Gasteiger partial charge in [0.1, 0.15) is 5.75 Å². The van der Waals surface area contributed by atoms with Crippen molar-refractivity contribution < 1.29 is 9.53 Å². The van der Waals surface area contributed by atoms with Crippen molar-refractivity contribution in [3.63, 3.8) is 0 Å². The van der Waals surface area contributed by atoms with Gasteiger partial charge in [0.15, 0.2) is 6.10 Å². The van der Waals surface area contributed by atoms with E-state index in [9.17, 15) is 4.79 Å². The number of hydrogen-bond donors (Lipinski definition) is 2. The van der Waals surface area contributed by atoms with E-state index in [0.717, 1.165) is 29.5 Å². The fourth-order valence-corrected chi connectivity index (χ4v) is 2.56. The van der Waals surface area contributed by atoms with Crippen molar-refractivity contribution in [3.8, 4) is 5.75 Å². The number of nitrogens with one attached hydrogen (secondary N) is 2. The van der Waals surface area contributed by atoms with Crippen molar-refractivity contribution in [2.75, 3.05) is 10.6 Å². The lowest BCUT2D eigenvalue weighted by atomic mass is 10.1. The number of carbonyl (C=O) groups excluding carboxylic acids is 1. The molecule has 19 heavy (non-hydrogen) atoms. The number of ether oxygens (including phenoxy) is 1. The minimum Gasteiger partial charge on any atom is -0.479 e. The fraction of sp³-hybridized carbons (Fsp3) is 0.533. The quantitative estimate of drug-likeness (QED) is 0.875. The number of benzene rings is 1. The van der Waals surface area contributed by atoms with E-state index in [4.69, 9.17) is 4.74 Å². The van der Waals surface area contributed by atoms with Gasteiger partial charge in [-0.3, -0.25) is 4.79 Å². The predicted octanol–water partition coefficient (Wildman–Crippen LogP) is 3.01. The van der Waals surface area contributed by atoms with Crippen LogP contribution in [0.5, 0.6) is 5.75 Å². The Morgan fingerprint density at radius 1 is 1.47 bits per heavy atom. The summed E-state index contributed by atoms with van der Waals surface area (Å²) < 4.78 is 5.55. The molecule has 0 bridgehead atoms. The molecule has 1 aliphatic carbocycles. The Labute approximate surface area is 113 Å². The molecular formula is C15H20N2O2. The first-order valence-corrected chi connectivity index (χ1v) is 7.05. The van der Waals surface area contributed by atoms with E-state index in [1.54, 1.807) is 6.92 Å². The Hall–Kier alpha value is -1.71. The summed E-state index contributed by atoms with van der Waals surface area (Å²) >= 11 is 0. The summed E-state index contributed by atoms with van der Waals surface area (Å²) in [6.07, 6.45) is 3.37. The Bertz CT molecular complexity index is 497. The van der Waals surface area contributed by atoms with Crippen molar-refractivity contribution in [2.45, 2.75) is 45.3 Å². The molecule has 2 aliphatic rings. The van der Waals surface area contributed by atoms with Gasteiger partial charge >= 0.3 is 0 Å². The standard InChI is InChI=1S/C15H20N2O2/c1-3-12(10-4-5-10)16-11-6-7-14-13(8-11)17-15(18)9(2)19-14/h6-10,12,16H,3-5H2,1-2H3,(H,17,18). The molecule has 3 rings (SSSR count). The van der Waals surface area contributed by atoms with E-state index in [1.807, 2.05) is 18.2 Å². The molecule has 1 aliphatic heterocycles. The van der Waals surface area contributed by atoms with Crippen molar-refractivity contribution in [1.82, 2.24) is 0 Å². The number of fused-ring (bicyclic) bond motifs is 1. The van der Waals surface area contributed by atoms with Gasteiger partial charge in [-0.05, 0) is 50.3 Å². The molecular weight excluding hydrogens is 240 g/mol. The van der Waals surface area contributed by atoms with E-state index < -0.39 is 6.10 Å². The average molecular weight is 260 g/mol. The second-order valence-electron chi connectivity index (χ2n) is 5.46. The van der Waals surface area contributed by atoms with Crippen LogP contribution in [-0.2, 0) is 4.79 Å². The fourth-order valence-electron chi connectivity index (χ4n) is 2.56. The molecule has 2 unspecified atom stereocenters. The SMILES string of the molecule is CCC(Nc1ccc2c(c1)NC(=O)C(C)O2)C1CC1. The second kappa shape index (κ2) is 4.76. The Morgan fingerprint density at radius 2 is 2.26 bits per heavy atom. The first kappa shape index (κ1) is 12.3. The van der Waals surface area contributed by atoms with Crippen LogP contribution in [0.15, 0.2) is 18.2 Å². The zero-order valence-electron chi connectivity index (χ0n) is 11.4. The van der Waals surface area contributed by atoms with E-state index in [2.05, 4.69) is 17.6 Å². The summed E-state index contributed by atoms with van der Waals surface area (Å²) in [5, 5.41) is 6.44. The van der Waals surface area contributed by atoms with Crippen LogP contribution >= 0.6 is 0 Å². The molecule has 2 atom stereocenters. The van der Waals surface area contributed by atoms with Gasteiger partial charge < -0.3 is 15.4 Å². The van der Waals surface area contributed by atoms with Gasteiger partial charge in [0.05, 0.1) is 5.69 Å². The third kappa shape index (κ3) is 2.53. The smallest absolute Gasteiger partial charge is 0.265 e. The number of amides is 1. The van der Waals surface area contributed by atoms with Gasteiger partial charge in [0.25, 0.3) is 5.91 Å². The van der Waals surface area contributed by atoms with E-state index >= 15 is 0 Å². The Morgan fingerprint density at radius 3 is 2.95 bits per heavy atom. The van der Waals surface area contributed by atoms with Crippen LogP contribution in [0, 0.1) is 5.92 Å². The van der Waals surface area contributed by atoms with E-state index in [1.165, 1.54) is 12.8 Å². The number of hydrogen-bond acceptors (Lipinski definition) is 3. The lowest BCUT2D eigenvalue weighted by molar-refractivity contribution is -0.122. The molecule has 1 amide bonds. The molecule has 4 nitrogen and oxygen atoms in total. The summed E-state index contributed by atoms with van der Waals surface area (Å²) in [5.41, 5.74) is 1.81. The minimum atomic E-state index is -0.416. The zero-order valence-corrected chi connectivity index (χ0v) is 11.4. The summed E-state index contributed by atoms with van der Waals surface area (Å²) in [6.45, 7) is 3.96. The van der Waals surface area contributed by atoms with E-state index in [0.29, 0.717) is 6.04 Å². The maximum Gasteiger partial charge on any atom is 0.265 e. The highest BCUT2D eigenvalue weighted by Crippen LogP contribution is 2.37. The zero-order chi connectivity index (χ0) is 13.4. The monoisotopic (exact) mass is 260 g/mol. The van der Waals surface area contributed by atoms with Crippen LogP contribution in [-0.4, -0.2) is 18.1 Å². The highest BCUT2D eigenvalue weighted by Gasteiger charge is 2.30. The number of anilines is 2. The van der Waals surface area contributed by atoms with Crippen molar-refractivity contribution in [2.24, 2.45) is 5.92 Å². The minimum absolute atomic E-state index is 0.0844. The average Bonchev–Trinajstić information content (AvgIpc) is 3.22. The van der Waals surface area contributed by atoms with Crippen LogP contribution in [0.25, 0.3) is 0 Å². The van der Waals surface area contributed by atoms with Crippen LogP contribution < -0.4 is 15.4 Å². The molecule has 1 fully saturated rings. The maximum atomic E-state index is 11.6. The van der Waals surface area contributed by atoms with Crippen LogP contribution in [0.2, 0.25) is 0 Å². The van der Waals surface area contributed by atoms with Crippen molar-refractivity contribution >= 4 is 17.3 Å². The summed E-state index contributed by atoms with van der Waals surface area (Å²) in [4.78, 5) is 11.6. The highest BCUT2D eigenvalue weighted by atomic mass is 16.5. The van der Waals surface area contributed by atoms with Gasteiger partial charge in [0.2, 0.25) is 0 Å². The second-order valence-corrected chi connectivity index (χ2v) is 5.46. The molecule has 0 radical (unpaired) electrons. The molecule has 1 heterocycles. The largest absolute Gasteiger partial charge is 0.479 e. The molecule has 0 spiro atoms. The predicted molar refractivity (Wildman–Crippen MR) is 75.6 cm³/mol. The molecule has 0 saturated heterocycles. The summed E-state index contributed by atoms with van der Waals surface area (Å²) in [6, 6.07) is 6.45. The van der Waals surface area contributed by atoms with Crippen molar-refractivity contribution in [1.29, 1.82) is 0 Å². The highest BCUT2D eigenvalue weighted by molar-refractivity contribution is 5.98. The molecule has 1 aromatic rings. The molecule has 4 heteroatoms. The first-order valence-electron chi connectivity index (χ1n) is 7.05. The summed E-state index contributed by atoms with van der Waals surface area (Å²) in [5.74, 6) is 1.47. The number of carbonyl (C=O) groups is 1. The maximum absolute atomic E-state index is 11.6. The van der Waals surface area contributed by atoms with E-state index in [-0.39, 0.29) is 5.91 Å². The van der Waals surface area contributed by atoms with Gasteiger partial charge in [-0.1, -0.05) is 6.92 Å². The van der Waals surface area contributed by atoms with Crippen molar-refractivity contribution in [3.05, 3.63) is 18.2 Å². The first-order chi connectivity index (χ1) is 9.17. The van der Waals surface area contributed by atoms with Gasteiger partial charge in [-0.25, -0.2) is 0 Å². The topological polar surface area (TPSA) is 50.4 Å². The third-order valence-electron chi connectivity index (χ3n) is 3.89. The number of rotatable bonds is 4. The van der Waals surface area contributed by atoms with Crippen LogP contribution in [0.4, 0.5) is 11.4 Å². The lowest BCUT2D eigenvalue weighted by Gasteiger charge is -2.25. The molecule has 0 aromatic heterocycles. The normalized spacial score (nSPS) is 23.1. The molecule has 2 N–H and O–H groups in total. The summed E-state index contributed by atoms with van der Waals surface area (Å²) in [7, 11) is 0.